The Hall–Kier alpha value is -2.87. The van der Waals surface area contributed by atoms with Crippen molar-refractivity contribution in [2.24, 2.45) is 0 Å². The zero-order valence-corrected chi connectivity index (χ0v) is 16.1. The summed E-state index contributed by atoms with van der Waals surface area (Å²) in [6.07, 6.45) is -0.352. The number of carboxylic acid groups (broad SMARTS) is 1. The summed E-state index contributed by atoms with van der Waals surface area (Å²) in [4.78, 5) is 23.1. The van der Waals surface area contributed by atoms with E-state index in [0.717, 1.165) is 28.5 Å². The fourth-order valence-electron chi connectivity index (χ4n) is 3.53. The van der Waals surface area contributed by atoms with Gasteiger partial charge in [0.1, 0.15) is 16.4 Å². The third-order valence-corrected chi connectivity index (χ3v) is 5.60. The molecule has 7 nitrogen and oxygen atoms in total. The van der Waals surface area contributed by atoms with E-state index in [9.17, 15) is 18.0 Å². The van der Waals surface area contributed by atoms with Gasteiger partial charge in [-0.15, -0.1) is 0 Å². The number of alkyl carbamates (subject to hydrolysis) is 1. The molecule has 1 atom stereocenters. The number of rotatable bonds is 7. The van der Waals surface area contributed by atoms with Gasteiger partial charge in [-0.3, -0.25) is 4.79 Å². The summed E-state index contributed by atoms with van der Waals surface area (Å²) in [5.74, 6) is -1.80. The number of fused-ring (bicyclic) bond motifs is 3. The van der Waals surface area contributed by atoms with Crippen molar-refractivity contribution in [2.75, 3.05) is 18.6 Å². The first-order chi connectivity index (χ1) is 13.2. The molecule has 0 saturated carbocycles. The van der Waals surface area contributed by atoms with Crippen molar-refractivity contribution >= 4 is 21.9 Å². The second-order valence-electron chi connectivity index (χ2n) is 6.86. The van der Waals surface area contributed by atoms with Crippen LogP contribution in [0.2, 0.25) is 0 Å². The van der Waals surface area contributed by atoms with Crippen molar-refractivity contribution < 1.29 is 27.9 Å². The van der Waals surface area contributed by atoms with Gasteiger partial charge in [-0.25, -0.2) is 13.2 Å². The number of nitrogens with one attached hydrogen (secondary N) is 1. The molecule has 0 aliphatic heterocycles. The molecule has 28 heavy (non-hydrogen) atoms. The summed E-state index contributed by atoms with van der Waals surface area (Å²) in [6.45, 7) is 0.0680. The Morgan fingerprint density at radius 1 is 1.07 bits per heavy atom. The van der Waals surface area contributed by atoms with Crippen LogP contribution in [-0.2, 0) is 19.4 Å². The van der Waals surface area contributed by atoms with Crippen LogP contribution in [0.5, 0.6) is 0 Å². The van der Waals surface area contributed by atoms with Crippen LogP contribution in [0.4, 0.5) is 4.79 Å². The van der Waals surface area contributed by atoms with Crippen molar-refractivity contribution in [1.29, 1.82) is 0 Å². The van der Waals surface area contributed by atoms with E-state index >= 15 is 0 Å². The van der Waals surface area contributed by atoms with Gasteiger partial charge in [0.05, 0.1) is 18.2 Å². The molecule has 1 aliphatic carbocycles. The summed E-state index contributed by atoms with van der Waals surface area (Å²) in [5.41, 5.74) is 4.28. The normalized spacial score (nSPS) is 14.0. The molecule has 0 bridgehead atoms. The molecule has 0 unspecified atom stereocenters. The minimum absolute atomic E-state index is 0.0680. The molecule has 2 aromatic carbocycles. The third kappa shape index (κ3) is 4.69. The molecular weight excluding hydrogens is 382 g/mol. The van der Waals surface area contributed by atoms with Gasteiger partial charge in [0.2, 0.25) is 0 Å². The van der Waals surface area contributed by atoms with Crippen molar-refractivity contribution in [3.63, 3.8) is 0 Å². The lowest BCUT2D eigenvalue weighted by atomic mass is 9.98. The van der Waals surface area contributed by atoms with Gasteiger partial charge in [-0.05, 0) is 22.3 Å². The predicted octanol–water partition coefficient (Wildman–Crippen LogP) is 2.41. The minimum Gasteiger partial charge on any atom is -0.481 e. The number of amides is 1. The molecule has 0 radical (unpaired) electrons. The number of benzene rings is 2. The van der Waals surface area contributed by atoms with Gasteiger partial charge >= 0.3 is 12.1 Å². The Balaban J connectivity index is 1.69. The monoisotopic (exact) mass is 403 g/mol. The van der Waals surface area contributed by atoms with Crippen molar-refractivity contribution in [2.45, 2.75) is 18.4 Å². The van der Waals surface area contributed by atoms with Crippen LogP contribution < -0.4 is 5.32 Å². The quantitative estimate of drug-likeness (QED) is 0.735. The second-order valence-corrected chi connectivity index (χ2v) is 9.04. The van der Waals surface area contributed by atoms with Crippen LogP contribution in [-0.4, -0.2) is 50.2 Å². The van der Waals surface area contributed by atoms with Crippen molar-refractivity contribution in [1.82, 2.24) is 5.32 Å². The molecule has 3 rings (SSSR count). The fraction of sp³-hybridized carbons (Fsp3) is 0.300. The van der Waals surface area contributed by atoms with Crippen LogP contribution in [0.3, 0.4) is 0 Å². The minimum atomic E-state index is -3.46. The van der Waals surface area contributed by atoms with E-state index in [1.54, 1.807) is 0 Å². The number of hydrogen-bond donors (Lipinski definition) is 2. The van der Waals surface area contributed by atoms with Gasteiger partial charge in [-0.2, -0.15) is 0 Å². The molecule has 148 valence electrons. The molecule has 1 aliphatic rings. The highest BCUT2D eigenvalue weighted by Gasteiger charge is 2.29. The zero-order chi connectivity index (χ0) is 20.3. The highest BCUT2D eigenvalue weighted by atomic mass is 32.2. The first-order valence-corrected chi connectivity index (χ1v) is 10.8. The molecule has 8 heteroatoms. The number of carbonyl (C=O) groups is 2. The van der Waals surface area contributed by atoms with E-state index < -0.39 is 40.1 Å². The fourth-order valence-corrected chi connectivity index (χ4v) is 4.47. The van der Waals surface area contributed by atoms with E-state index in [4.69, 9.17) is 9.84 Å². The summed E-state index contributed by atoms with van der Waals surface area (Å²) in [5, 5.41) is 11.3. The van der Waals surface area contributed by atoms with E-state index in [-0.39, 0.29) is 12.5 Å². The van der Waals surface area contributed by atoms with Crippen LogP contribution in [0.15, 0.2) is 48.5 Å². The van der Waals surface area contributed by atoms with Gasteiger partial charge in [-0.1, -0.05) is 48.5 Å². The van der Waals surface area contributed by atoms with E-state index in [0.29, 0.717) is 0 Å². The summed E-state index contributed by atoms with van der Waals surface area (Å²) in [6, 6.07) is 14.7. The zero-order valence-electron chi connectivity index (χ0n) is 15.3. The summed E-state index contributed by atoms with van der Waals surface area (Å²) >= 11 is 0. The maximum Gasteiger partial charge on any atom is 0.407 e. The molecular formula is C20H21NO6S. The van der Waals surface area contributed by atoms with E-state index in [1.807, 2.05) is 48.5 Å². The SMILES string of the molecule is CS(=O)(=O)C[C@@H](CC(=O)O)NC(=O)OCC1c2ccccc2-c2ccccc21. The largest absolute Gasteiger partial charge is 0.481 e. The first-order valence-electron chi connectivity index (χ1n) is 8.75. The Labute approximate surface area is 163 Å². The van der Waals surface area contributed by atoms with Crippen LogP contribution in [0.25, 0.3) is 11.1 Å². The van der Waals surface area contributed by atoms with Crippen LogP contribution >= 0.6 is 0 Å². The Kier molecular flexibility index (Phi) is 5.69. The van der Waals surface area contributed by atoms with Gasteiger partial charge in [0.25, 0.3) is 0 Å². The highest BCUT2D eigenvalue weighted by molar-refractivity contribution is 7.90. The van der Waals surface area contributed by atoms with E-state index in [2.05, 4.69) is 5.32 Å². The molecule has 0 fully saturated rings. The Bertz CT molecular complexity index is 956. The molecule has 0 heterocycles. The lowest BCUT2D eigenvalue weighted by molar-refractivity contribution is -0.137. The van der Waals surface area contributed by atoms with Crippen molar-refractivity contribution in [3.8, 4) is 11.1 Å². The van der Waals surface area contributed by atoms with Crippen molar-refractivity contribution in [3.05, 3.63) is 59.7 Å². The molecule has 0 aromatic heterocycles. The number of aliphatic carboxylic acids is 1. The smallest absolute Gasteiger partial charge is 0.407 e. The van der Waals surface area contributed by atoms with Gasteiger partial charge < -0.3 is 15.2 Å². The summed E-state index contributed by atoms with van der Waals surface area (Å²) in [7, 11) is -3.46. The Morgan fingerprint density at radius 2 is 1.61 bits per heavy atom. The lowest BCUT2D eigenvalue weighted by Gasteiger charge is -2.18. The number of sulfone groups is 1. The van der Waals surface area contributed by atoms with E-state index in [1.165, 1.54) is 0 Å². The predicted molar refractivity (Wildman–Crippen MR) is 104 cm³/mol. The molecule has 0 saturated heterocycles. The number of carboxylic acids is 1. The highest BCUT2D eigenvalue weighted by Crippen LogP contribution is 2.44. The van der Waals surface area contributed by atoms with Gasteiger partial charge in [0.15, 0.2) is 0 Å². The third-order valence-electron chi connectivity index (χ3n) is 4.59. The number of ether oxygens (including phenoxy) is 1. The molecule has 2 aromatic rings. The van der Waals surface area contributed by atoms with Gasteiger partial charge in [0, 0.05) is 12.2 Å². The average Bonchev–Trinajstić information content (AvgIpc) is 2.92. The second kappa shape index (κ2) is 8.02. The maximum atomic E-state index is 12.2. The standard InChI is InChI=1S/C20H21NO6S/c1-28(25,26)12-13(10-19(22)23)21-20(24)27-11-18-16-8-4-2-6-14(16)15-7-3-5-9-17(15)18/h2-9,13,18H,10-12H2,1H3,(H,21,24)(H,22,23)/t13-/m1/s1. The molecule has 0 spiro atoms. The maximum absolute atomic E-state index is 12.2. The Morgan fingerprint density at radius 3 is 2.11 bits per heavy atom. The summed E-state index contributed by atoms with van der Waals surface area (Å²) < 4.78 is 28.3. The average molecular weight is 403 g/mol. The lowest BCUT2D eigenvalue weighted by Crippen LogP contribution is -2.41. The van der Waals surface area contributed by atoms with Crippen LogP contribution in [0.1, 0.15) is 23.5 Å². The van der Waals surface area contributed by atoms with Crippen LogP contribution in [0, 0.1) is 0 Å². The topological polar surface area (TPSA) is 110 Å². The molecule has 1 amide bonds. The number of hydrogen-bond acceptors (Lipinski definition) is 5. The first kappa shape index (κ1) is 19.9. The molecule has 2 N–H and O–H groups in total. The number of carbonyl (C=O) groups excluding carboxylic acids is 1.